The molecule has 1 aliphatic rings. The van der Waals surface area contributed by atoms with Crippen molar-refractivity contribution in [2.45, 2.75) is 37.5 Å². The van der Waals surface area contributed by atoms with Crippen LogP contribution < -0.4 is 0 Å². The van der Waals surface area contributed by atoms with Crippen molar-refractivity contribution in [1.29, 1.82) is 0 Å². The zero-order valence-electron chi connectivity index (χ0n) is 14.0. The minimum absolute atomic E-state index is 0.116. The second kappa shape index (κ2) is 6.73. The van der Waals surface area contributed by atoms with Gasteiger partial charge in [0.05, 0.1) is 4.21 Å². The third-order valence-electron chi connectivity index (χ3n) is 4.13. The van der Waals surface area contributed by atoms with Crippen molar-refractivity contribution < 1.29 is 14.3 Å². The topological polar surface area (TPSA) is 43.4 Å². The van der Waals surface area contributed by atoms with Gasteiger partial charge < -0.3 is 4.74 Å². The molecule has 24 heavy (non-hydrogen) atoms. The van der Waals surface area contributed by atoms with Gasteiger partial charge in [0.15, 0.2) is 5.78 Å². The molecule has 0 radical (unpaired) electrons. The number of ketones is 1. The molecular weight excluding hydrogens is 340 g/mol. The van der Waals surface area contributed by atoms with Gasteiger partial charge in [-0.1, -0.05) is 44.2 Å². The van der Waals surface area contributed by atoms with Gasteiger partial charge in [-0.15, -0.1) is 23.1 Å². The number of thiophene rings is 1. The lowest BCUT2D eigenvalue weighted by Crippen LogP contribution is -2.27. The molecule has 1 heterocycles. The smallest absolute Gasteiger partial charge is 0.348 e. The Balaban J connectivity index is 1.88. The number of thioether (sulfide) groups is 1. The molecule has 1 aromatic carbocycles. The molecule has 0 aliphatic heterocycles. The Morgan fingerprint density at radius 1 is 1.25 bits per heavy atom. The molecule has 0 saturated heterocycles. The lowest BCUT2D eigenvalue weighted by molar-refractivity contribution is 0.0476. The average Bonchev–Trinajstić information content (AvgIpc) is 2.91. The molecule has 0 fully saturated rings. The van der Waals surface area contributed by atoms with Gasteiger partial charge in [0, 0.05) is 12.0 Å². The van der Waals surface area contributed by atoms with Crippen LogP contribution in [0.15, 0.2) is 34.5 Å². The van der Waals surface area contributed by atoms with E-state index >= 15 is 0 Å². The molecular formula is C19H20O3S2. The SMILES string of the molecule is CSc1sc(C(=O)OCc2ccccc2)c2c1C(=O)CC(C)(C)C2. The maximum absolute atomic E-state index is 12.6. The van der Waals surface area contributed by atoms with E-state index in [0.29, 0.717) is 11.3 Å². The van der Waals surface area contributed by atoms with Crippen LogP contribution in [0.5, 0.6) is 0 Å². The van der Waals surface area contributed by atoms with E-state index in [0.717, 1.165) is 27.3 Å². The van der Waals surface area contributed by atoms with Crippen LogP contribution in [-0.2, 0) is 17.8 Å². The molecule has 0 atom stereocenters. The standard InChI is InChI=1S/C19H20O3S2/c1-19(2)9-13-15(14(20)10-19)18(23-3)24-16(13)17(21)22-11-12-7-5-4-6-8-12/h4-8H,9-11H2,1-3H3. The van der Waals surface area contributed by atoms with Crippen LogP contribution in [0.25, 0.3) is 0 Å². The largest absolute Gasteiger partial charge is 0.457 e. The minimum atomic E-state index is -0.328. The third kappa shape index (κ3) is 3.42. The van der Waals surface area contributed by atoms with Gasteiger partial charge in [-0.3, -0.25) is 4.79 Å². The first kappa shape index (κ1) is 17.2. The minimum Gasteiger partial charge on any atom is -0.457 e. The number of fused-ring (bicyclic) bond motifs is 1. The summed E-state index contributed by atoms with van der Waals surface area (Å²) in [6.45, 7) is 4.39. The van der Waals surface area contributed by atoms with E-state index in [1.54, 1.807) is 0 Å². The molecule has 5 heteroatoms. The van der Waals surface area contributed by atoms with E-state index in [4.69, 9.17) is 4.74 Å². The second-order valence-electron chi connectivity index (χ2n) is 6.78. The quantitative estimate of drug-likeness (QED) is 0.569. The van der Waals surface area contributed by atoms with E-state index in [1.807, 2.05) is 36.6 Å². The van der Waals surface area contributed by atoms with Gasteiger partial charge in [0.2, 0.25) is 0 Å². The van der Waals surface area contributed by atoms with Crippen LogP contribution in [0.1, 0.15) is 51.4 Å². The highest BCUT2D eigenvalue weighted by molar-refractivity contribution is 8.00. The van der Waals surface area contributed by atoms with Crippen molar-refractivity contribution in [1.82, 2.24) is 0 Å². The van der Waals surface area contributed by atoms with E-state index in [-0.39, 0.29) is 23.8 Å². The fourth-order valence-corrected chi connectivity index (χ4v) is 5.04. The van der Waals surface area contributed by atoms with E-state index in [2.05, 4.69) is 13.8 Å². The first-order valence-corrected chi connectivity index (χ1v) is 9.89. The lowest BCUT2D eigenvalue weighted by Gasteiger charge is -2.29. The van der Waals surface area contributed by atoms with E-state index < -0.39 is 0 Å². The molecule has 3 rings (SSSR count). The fraction of sp³-hybridized carbons (Fsp3) is 0.368. The average molecular weight is 361 g/mol. The highest BCUT2D eigenvalue weighted by Gasteiger charge is 2.37. The molecule has 1 aliphatic carbocycles. The molecule has 126 valence electrons. The summed E-state index contributed by atoms with van der Waals surface area (Å²) in [5.74, 6) is -0.185. The Kier molecular flexibility index (Phi) is 4.83. The molecule has 0 bridgehead atoms. The van der Waals surface area contributed by atoms with Crippen LogP contribution in [0, 0.1) is 5.41 Å². The second-order valence-corrected chi connectivity index (χ2v) is 8.87. The van der Waals surface area contributed by atoms with Crippen molar-refractivity contribution in [3.8, 4) is 0 Å². The Labute approximate surface area is 150 Å². The summed E-state index contributed by atoms with van der Waals surface area (Å²) in [6.07, 6.45) is 3.21. The van der Waals surface area contributed by atoms with E-state index in [1.165, 1.54) is 23.1 Å². The third-order valence-corrected chi connectivity index (χ3v) is 6.46. The van der Waals surface area contributed by atoms with Crippen LogP contribution in [0.2, 0.25) is 0 Å². The first-order chi connectivity index (χ1) is 11.4. The maximum atomic E-state index is 12.6. The van der Waals surface area contributed by atoms with Gasteiger partial charge in [0.1, 0.15) is 11.5 Å². The molecule has 0 N–H and O–H groups in total. The number of carbonyl (C=O) groups excluding carboxylic acids is 2. The van der Waals surface area contributed by atoms with Crippen LogP contribution >= 0.6 is 23.1 Å². The van der Waals surface area contributed by atoms with Crippen molar-refractivity contribution in [2.24, 2.45) is 5.41 Å². The zero-order chi connectivity index (χ0) is 17.3. The number of Topliss-reactive ketones (excluding diaryl/α,β-unsaturated/α-hetero) is 1. The highest BCUT2D eigenvalue weighted by Crippen LogP contribution is 2.44. The predicted octanol–water partition coefficient (Wildman–Crippen LogP) is 4.98. The highest BCUT2D eigenvalue weighted by atomic mass is 32.2. The van der Waals surface area contributed by atoms with E-state index in [9.17, 15) is 9.59 Å². The van der Waals surface area contributed by atoms with Gasteiger partial charge in [-0.25, -0.2) is 4.79 Å². The van der Waals surface area contributed by atoms with Crippen LogP contribution in [0.3, 0.4) is 0 Å². The fourth-order valence-electron chi connectivity index (χ4n) is 3.05. The summed E-state index contributed by atoms with van der Waals surface area (Å²) in [5.41, 5.74) is 2.47. The number of rotatable bonds is 4. The summed E-state index contributed by atoms with van der Waals surface area (Å²) in [7, 11) is 0. The number of ether oxygens (including phenoxy) is 1. The normalized spacial score (nSPS) is 15.9. The lowest BCUT2D eigenvalue weighted by atomic mass is 9.74. The van der Waals surface area contributed by atoms with Gasteiger partial charge >= 0.3 is 5.97 Å². The molecule has 3 nitrogen and oxygen atoms in total. The van der Waals surface area contributed by atoms with Gasteiger partial charge in [-0.05, 0) is 29.2 Å². The summed E-state index contributed by atoms with van der Waals surface area (Å²) in [5, 5.41) is 0. The predicted molar refractivity (Wildman–Crippen MR) is 98.1 cm³/mol. The van der Waals surface area contributed by atoms with Crippen molar-refractivity contribution in [3.63, 3.8) is 0 Å². The number of carbonyl (C=O) groups is 2. The zero-order valence-corrected chi connectivity index (χ0v) is 15.7. The molecule has 0 unspecified atom stereocenters. The van der Waals surface area contributed by atoms with Crippen LogP contribution in [0.4, 0.5) is 0 Å². The van der Waals surface area contributed by atoms with Crippen LogP contribution in [-0.4, -0.2) is 18.0 Å². The Morgan fingerprint density at radius 3 is 2.62 bits per heavy atom. The summed E-state index contributed by atoms with van der Waals surface area (Å²) < 4.78 is 6.42. The Hall–Kier alpha value is -1.59. The molecule has 0 spiro atoms. The Bertz CT molecular complexity index is 775. The molecule has 0 amide bonds. The number of benzene rings is 1. The maximum Gasteiger partial charge on any atom is 0.348 e. The molecule has 1 aromatic heterocycles. The summed E-state index contributed by atoms with van der Waals surface area (Å²) in [6, 6.07) is 9.63. The van der Waals surface area contributed by atoms with Crippen molar-refractivity contribution in [3.05, 3.63) is 51.9 Å². The summed E-state index contributed by atoms with van der Waals surface area (Å²) in [4.78, 5) is 25.7. The van der Waals surface area contributed by atoms with Crippen molar-refractivity contribution >= 4 is 34.9 Å². The van der Waals surface area contributed by atoms with Gasteiger partial charge in [0.25, 0.3) is 0 Å². The number of esters is 1. The monoisotopic (exact) mass is 360 g/mol. The molecule has 0 saturated carbocycles. The Morgan fingerprint density at radius 2 is 1.96 bits per heavy atom. The number of hydrogen-bond donors (Lipinski definition) is 0. The number of hydrogen-bond acceptors (Lipinski definition) is 5. The summed E-state index contributed by atoms with van der Waals surface area (Å²) >= 11 is 2.92. The molecule has 2 aromatic rings. The van der Waals surface area contributed by atoms with Gasteiger partial charge in [-0.2, -0.15) is 0 Å². The first-order valence-electron chi connectivity index (χ1n) is 7.85. The van der Waals surface area contributed by atoms with Crippen molar-refractivity contribution in [2.75, 3.05) is 6.26 Å².